The van der Waals surface area contributed by atoms with E-state index in [1.165, 1.54) is 6.42 Å². The molecule has 1 radical (unpaired) electrons. The topological polar surface area (TPSA) is 52.3 Å². The van der Waals surface area contributed by atoms with Crippen molar-refractivity contribution in [1.82, 2.24) is 0 Å². The fraction of sp³-hybridized carbons (Fsp3) is 0.111. The third-order valence-electron chi connectivity index (χ3n) is 1.28. The zero-order chi connectivity index (χ0) is 8.81. The average Bonchev–Trinajstić information content (AvgIpc) is 2.05. The maximum absolute atomic E-state index is 10.3. The first-order chi connectivity index (χ1) is 5.79. The molecule has 1 aromatic carbocycles. The van der Waals surface area contributed by atoms with Crippen molar-refractivity contribution in [1.29, 1.82) is 0 Å². The van der Waals surface area contributed by atoms with Gasteiger partial charge in [0.15, 0.2) is 0 Å². The van der Waals surface area contributed by atoms with Gasteiger partial charge in [0.2, 0.25) is 5.91 Å². The minimum absolute atomic E-state index is 0.222. The average molecular weight is 164 g/mol. The third-order valence-corrected chi connectivity index (χ3v) is 1.28. The molecule has 1 rings (SSSR count). The molecule has 2 N–H and O–H groups in total. The van der Waals surface area contributed by atoms with Crippen molar-refractivity contribution in [2.45, 2.75) is 0 Å². The number of carbonyl (C=O) groups excluding carboxylic acids is 1. The number of amides is 1. The molecule has 0 fully saturated rings. The first kappa shape index (κ1) is 8.59. The van der Waals surface area contributed by atoms with Gasteiger partial charge in [-0.25, -0.2) is 0 Å². The molecule has 0 aromatic heterocycles. The van der Waals surface area contributed by atoms with Gasteiger partial charge in [-0.3, -0.25) is 4.79 Å². The summed E-state index contributed by atoms with van der Waals surface area (Å²) in [7, 11) is 0. The van der Waals surface area contributed by atoms with Gasteiger partial charge in [0.1, 0.15) is 12.4 Å². The van der Waals surface area contributed by atoms with Gasteiger partial charge in [0.25, 0.3) is 0 Å². The lowest BCUT2D eigenvalue weighted by Gasteiger charge is -2.02. The van der Waals surface area contributed by atoms with E-state index in [9.17, 15) is 4.79 Å². The predicted octanol–water partition coefficient (Wildman–Crippen LogP) is 0.755. The van der Waals surface area contributed by atoms with Crippen LogP contribution in [0.4, 0.5) is 0 Å². The zero-order valence-corrected chi connectivity index (χ0v) is 6.57. The van der Waals surface area contributed by atoms with Gasteiger partial charge >= 0.3 is 0 Å². The number of benzene rings is 1. The summed E-state index contributed by atoms with van der Waals surface area (Å²) in [5, 5.41) is 0. The van der Waals surface area contributed by atoms with Crippen molar-refractivity contribution in [3.05, 3.63) is 36.8 Å². The van der Waals surface area contributed by atoms with Crippen LogP contribution in [0.15, 0.2) is 30.3 Å². The summed E-state index contributed by atoms with van der Waals surface area (Å²) < 4.78 is 5.16. The Hall–Kier alpha value is -1.51. The molecule has 3 nitrogen and oxygen atoms in total. The van der Waals surface area contributed by atoms with Gasteiger partial charge in [-0.2, -0.15) is 0 Å². The molecule has 0 heterocycles. The lowest BCUT2D eigenvalue weighted by molar-refractivity contribution is -0.115. The highest BCUT2D eigenvalue weighted by Gasteiger charge is 1.95. The molecule has 0 spiro atoms. The first-order valence-electron chi connectivity index (χ1n) is 3.59. The van der Waals surface area contributed by atoms with E-state index in [4.69, 9.17) is 10.5 Å². The first-order valence-corrected chi connectivity index (χ1v) is 3.59. The van der Waals surface area contributed by atoms with Crippen LogP contribution in [0.25, 0.3) is 0 Å². The van der Waals surface area contributed by atoms with E-state index in [-0.39, 0.29) is 6.61 Å². The van der Waals surface area contributed by atoms with Crippen LogP contribution in [0, 0.1) is 6.42 Å². The second-order valence-electron chi connectivity index (χ2n) is 2.23. The minimum Gasteiger partial charge on any atom is -0.493 e. The normalized spacial score (nSPS) is 9.33. The van der Waals surface area contributed by atoms with Crippen LogP contribution >= 0.6 is 0 Å². The van der Waals surface area contributed by atoms with Crippen LogP contribution in [-0.4, -0.2) is 12.5 Å². The molecule has 0 atom stereocenters. The van der Waals surface area contributed by atoms with Crippen molar-refractivity contribution < 1.29 is 9.53 Å². The fourth-order valence-corrected chi connectivity index (χ4v) is 0.737. The minimum atomic E-state index is -0.467. The quantitative estimate of drug-likeness (QED) is 0.714. The van der Waals surface area contributed by atoms with E-state index in [2.05, 4.69) is 0 Å². The highest BCUT2D eigenvalue weighted by Crippen LogP contribution is 2.07. The number of rotatable bonds is 4. The number of para-hydroxylation sites is 1. The molecule has 0 saturated heterocycles. The highest BCUT2D eigenvalue weighted by atomic mass is 16.5. The molecule has 0 aliphatic rings. The van der Waals surface area contributed by atoms with Crippen LogP contribution in [-0.2, 0) is 4.79 Å². The van der Waals surface area contributed by atoms with Gasteiger partial charge in [0.05, 0.1) is 6.42 Å². The molecule has 0 unspecified atom stereocenters. The van der Waals surface area contributed by atoms with E-state index in [1.54, 1.807) is 0 Å². The zero-order valence-electron chi connectivity index (χ0n) is 6.57. The summed E-state index contributed by atoms with van der Waals surface area (Å²) in [4.78, 5) is 10.3. The number of hydrogen-bond donors (Lipinski definition) is 1. The lowest BCUT2D eigenvalue weighted by Crippen LogP contribution is -2.15. The Balaban J connectivity index is 2.29. The molecule has 0 bridgehead atoms. The fourth-order valence-electron chi connectivity index (χ4n) is 0.737. The number of hydrogen-bond acceptors (Lipinski definition) is 2. The monoisotopic (exact) mass is 164 g/mol. The summed E-state index contributed by atoms with van der Waals surface area (Å²) >= 11 is 0. The molecule has 0 aliphatic heterocycles. The third kappa shape index (κ3) is 3.05. The Morgan fingerprint density at radius 1 is 1.42 bits per heavy atom. The van der Waals surface area contributed by atoms with Gasteiger partial charge in [-0.15, -0.1) is 0 Å². The van der Waals surface area contributed by atoms with Gasteiger partial charge < -0.3 is 10.5 Å². The number of ether oxygens (including phenoxy) is 1. The van der Waals surface area contributed by atoms with Crippen molar-refractivity contribution in [2.24, 2.45) is 5.73 Å². The maximum atomic E-state index is 10.3. The number of nitrogens with two attached hydrogens (primary N) is 1. The second-order valence-corrected chi connectivity index (χ2v) is 2.23. The number of primary amides is 1. The second kappa shape index (κ2) is 4.38. The van der Waals surface area contributed by atoms with Gasteiger partial charge in [-0.05, 0) is 12.1 Å². The van der Waals surface area contributed by atoms with E-state index < -0.39 is 5.91 Å². The smallest absolute Gasteiger partial charge is 0.224 e. The summed E-state index contributed by atoms with van der Waals surface area (Å²) in [6.45, 7) is 0.222. The largest absolute Gasteiger partial charge is 0.493 e. The van der Waals surface area contributed by atoms with Crippen molar-refractivity contribution in [2.75, 3.05) is 6.61 Å². The van der Waals surface area contributed by atoms with Gasteiger partial charge in [0, 0.05) is 0 Å². The highest BCUT2D eigenvalue weighted by molar-refractivity contribution is 5.82. The van der Waals surface area contributed by atoms with Gasteiger partial charge in [-0.1, -0.05) is 18.2 Å². The summed E-state index contributed by atoms with van der Waals surface area (Å²) in [5.41, 5.74) is 4.88. The summed E-state index contributed by atoms with van der Waals surface area (Å²) in [6.07, 6.45) is 1.28. The standard InChI is InChI=1S/C9H10NO2/c10-9(11)6-7-12-8-4-2-1-3-5-8/h1-6H,7H2,(H2,10,11). The van der Waals surface area contributed by atoms with Crippen LogP contribution in [0.3, 0.4) is 0 Å². The molecule has 63 valence electrons. The summed E-state index contributed by atoms with van der Waals surface area (Å²) in [6, 6.07) is 9.24. The molecule has 12 heavy (non-hydrogen) atoms. The molecular formula is C9H10NO2. The Morgan fingerprint density at radius 2 is 2.08 bits per heavy atom. The van der Waals surface area contributed by atoms with Crippen LogP contribution < -0.4 is 10.5 Å². The Labute approximate surface area is 71.1 Å². The van der Waals surface area contributed by atoms with Crippen LogP contribution in [0.5, 0.6) is 5.75 Å². The molecular weight excluding hydrogens is 154 g/mol. The van der Waals surface area contributed by atoms with E-state index in [0.29, 0.717) is 0 Å². The van der Waals surface area contributed by atoms with Crippen molar-refractivity contribution in [3.8, 4) is 5.75 Å². The predicted molar refractivity (Wildman–Crippen MR) is 45.4 cm³/mol. The SMILES string of the molecule is NC(=O)[CH]COc1ccccc1. The molecule has 3 heteroatoms. The van der Waals surface area contributed by atoms with E-state index >= 15 is 0 Å². The van der Waals surface area contributed by atoms with E-state index in [0.717, 1.165) is 5.75 Å². The summed E-state index contributed by atoms with van der Waals surface area (Å²) in [5.74, 6) is 0.265. The maximum Gasteiger partial charge on any atom is 0.224 e. The molecule has 1 aromatic rings. The Kier molecular flexibility index (Phi) is 3.14. The molecule has 0 saturated carbocycles. The Morgan fingerprint density at radius 3 is 2.67 bits per heavy atom. The lowest BCUT2D eigenvalue weighted by atomic mass is 10.3. The molecule has 0 aliphatic carbocycles. The van der Waals surface area contributed by atoms with Crippen LogP contribution in [0.2, 0.25) is 0 Å². The number of carbonyl (C=O) groups is 1. The van der Waals surface area contributed by atoms with Crippen molar-refractivity contribution >= 4 is 5.91 Å². The van der Waals surface area contributed by atoms with Crippen molar-refractivity contribution in [3.63, 3.8) is 0 Å². The molecule has 1 amide bonds. The van der Waals surface area contributed by atoms with E-state index in [1.807, 2.05) is 30.3 Å². The Bertz CT molecular complexity index is 246. The van der Waals surface area contributed by atoms with Crippen LogP contribution in [0.1, 0.15) is 0 Å².